The third kappa shape index (κ3) is 82.0. The van der Waals surface area contributed by atoms with Gasteiger partial charge in [-0.3, -0.25) is 14.2 Å². The molecule has 96 heavy (non-hydrogen) atoms. The second-order valence-corrected chi connectivity index (χ2v) is 33.0. The van der Waals surface area contributed by atoms with Crippen LogP contribution in [0.5, 0.6) is 0 Å². The van der Waals surface area contributed by atoms with E-state index in [9.17, 15) is 19.0 Å². The molecule has 2 unspecified atom stereocenters. The zero-order valence-electron chi connectivity index (χ0n) is 65.9. The Labute approximate surface area is 601 Å². The molecule has 9 nitrogen and oxygen atoms in total. The van der Waals surface area contributed by atoms with Crippen LogP contribution >= 0.6 is 7.82 Å². The van der Waals surface area contributed by atoms with Crippen LogP contribution in [0, 0.1) is 0 Å². The van der Waals surface area contributed by atoms with Crippen molar-refractivity contribution in [1.29, 1.82) is 0 Å². The predicted octanol–water partition coefficient (Wildman–Crippen LogP) is 28.6. The van der Waals surface area contributed by atoms with Crippen LogP contribution in [0.15, 0.2) is 0 Å². The average Bonchev–Trinajstić information content (AvgIpc) is 1.98. The third-order valence-electron chi connectivity index (χ3n) is 20.6. The number of hydrogen-bond donors (Lipinski definition) is 0. The second-order valence-electron chi connectivity index (χ2n) is 31.6. The lowest BCUT2D eigenvalue weighted by Gasteiger charge is -2.28. The minimum atomic E-state index is -4.64. The predicted molar refractivity (Wildman–Crippen MR) is 416 cm³/mol. The van der Waals surface area contributed by atoms with Crippen LogP contribution in [0.2, 0.25) is 0 Å². The van der Waals surface area contributed by atoms with Crippen LogP contribution < -0.4 is 4.89 Å². The summed E-state index contributed by atoms with van der Waals surface area (Å²) in [5.41, 5.74) is 0. The Bertz CT molecular complexity index is 1570. The van der Waals surface area contributed by atoms with E-state index in [4.69, 9.17) is 18.5 Å². The standard InChI is InChI=1S/C86H172NO8P/c1-6-8-10-12-14-16-18-20-22-24-26-28-30-32-34-36-38-40-41-42-43-44-45-47-49-51-53-55-57-59-61-63-65-67-69-71-73-75-77-79-86(89)95-84(83-94-96(90,91)93-81-80-87(3,4)5)82-92-85(88)78-76-74-72-70-68-66-64-62-60-58-56-54-52-50-48-46-39-37-35-33-31-29-27-25-23-21-19-17-15-13-11-9-7-2/h84H,6-83H2,1-5H3. The number of esters is 2. The summed E-state index contributed by atoms with van der Waals surface area (Å²) in [4.78, 5) is 38.2. The van der Waals surface area contributed by atoms with Crippen molar-refractivity contribution in [1.82, 2.24) is 0 Å². The van der Waals surface area contributed by atoms with Crippen molar-refractivity contribution < 1.29 is 42.1 Å². The minimum Gasteiger partial charge on any atom is -0.756 e. The highest BCUT2D eigenvalue weighted by Crippen LogP contribution is 2.38. The SMILES string of the molecule is CCCCCCCCCCCCCCCCCCCCCCCCCCCCCCCCCCCCCCCCCC(=O)OC(COC(=O)CCCCCCCCCCCCCCCCCCCCCCCCCCCCCCCCCCC)COP(=O)([O-])OCC[N+](C)(C)C. The molecular formula is C86H172NO8P. The molecule has 0 aliphatic carbocycles. The number of unbranched alkanes of at least 4 members (excludes halogenated alkanes) is 70. The number of phosphoric ester groups is 1. The first-order valence-corrected chi connectivity index (χ1v) is 45.2. The third-order valence-corrected chi connectivity index (χ3v) is 21.6. The number of phosphoric acid groups is 1. The Hall–Kier alpha value is -0.990. The van der Waals surface area contributed by atoms with Crippen molar-refractivity contribution in [3.8, 4) is 0 Å². The van der Waals surface area contributed by atoms with Gasteiger partial charge in [-0.05, 0) is 12.8 Å². The lowest BCUT2D eigenvalue weighted by atomic mass is 10.0. The zero-order chi connectivity index (χ0) is 69.7. The summed E-state index contributed by atoms with van der Waals surface area (Å²) in [6.07, 6.45) is 98.5. The smallest absolute Gasteiger partial charge is 0.306 e. The lowest BCUT2D eigenvalue weighted by Crippen LogP contribution is -2.37. The molecule has 0 aromatic heterocycles. The summed E-state index contributed by atoms with van der Waals surface area (Å²) in [7, 11) is 1.20. The van der Waals surface area contributed by atoms with E-state index < -0.39 is 26.5 Å². The Morgan fingerprint density at radius 1 is 0.281 bits per heavy atom. The fourth-order valence-electron chi connectivity index (χ4n) is 14.0. The fourth-order valence-corrected chi connectivity index (χ4v) is 14.7. The van der Waals surface area contributed by atoms with Crippen molar-refractivity contribution in [2.24, 2.45) is 0 Å². The van der Waals surface area contributed by atoms with Gasteiger partial charge in [-0.15, -0.1) is 0 Å². The molecule has 0 bridgehead atoms. The van der Waals surface area contributed by atoms with Crippen molar-refractivity contribution in [2.45, 2.75) is 495 Å². The van der Waals surface area contributed by atoms with Crippen molar-refractivity contribution >= 4 is 19.8 Å². The topological polar surface area (TPSA) is 111 Å². The van der Waals surface area contributed by atoms with Crippen LogP contribution in [-0.4, -0.2) is 70.0 Å². The van der Waals surface area contributed by atoms with Crippen molar-refractivity contribution in [3.63, 3.8) is 0 Å². The second kappa shape index (κ2) is 78.2. The van der Waals surface area contributed by atoms with Gasteiger partial charge in [0.15, 0.2) is 6.10 Å². The van der Waals surface area contributed by atoms with Gasteiger partial charge >= 0.3 is 11.9 Å². The fraction of sp³-hybridized carbons (Fsp3) is 0.977. The number of carbonyl (C=O) groups is 2. The van der Waals surface area contributed by atoms with Gasteiger partial charge in [0.05, 0.1) is 27.7 Å². The number of likely N-dealkylation sites (N-methyl/N-ethyl adjacent to an activating group) is 1. The van der Waals surface area contributed by atoms with E-state index in [1.165, 1.54) is 424 Å². The Morgan fingerprint density at radius 2 is 0.469 bits per heavy atom. The van der Waals surface area contributed by atoms with Crippen LogP contribution in [-0.2, 0) is 32.7 Å². The summed E-state index contributed by atoms with van der Waals surface area (Å²) >= 11 is 0. The number of quaternary nitrogens is 1. The molecule has 0 fully saturated rings. The van der Waals surface area contributed by atoms with E-state index in [1.54, 1.807) is 0 Å². The van der Waals surface area contributed by atoms with Crippen LogP contribution in [0.25, 0.3) is 0 Å². The number of nitrogens with zero attached hydrogens (tertiary/aromatic N) is 1. The molecule has 0 N–H and O–H groups in total. The van der Waals surface area contributed by atoms with Gasteiger partial charge in [-0.25, -0.2) is 0 Å². The van der Waals surface area contributed by atoms with Gasteiger partial charge in [0.2, 0.25) is 0 Å². The molecule has 0 amide bonds. The molecule has 0 heterocycles. The van der Waals surface area contributed by atoms with E-state index in [2.05, 4.69) is 13.8 Å². The highest BCUT2D eigenvalue weighted by Gasteiger charge is 2.22. The number of hydrogen-bond acceptors (Lipinski definition) is 8. The maximum absolute atomic E-state index is 12.9. The average molecular weight is 1380 g/mol. The normalized spacial score (nSPS) is 12.9. The van der Waals surface area contributed by atoms with Crippen molar-refractivity contribution in [3.05, 3.63) is 0 Å². The van der Waals surface area contributed by atoms with Crippen LogP contribution in [0.4, 0.5) is 0 Å². The number of ether oxygens (including phenoxy) is 2. The van der Waals surface area contributed by atoms with E-state index in [0.29, 0.717) is 17.4 Å². The summed E-state index contributed by atoms with van der Waals surface area (Å²) in [6.45, 7) is 4.36. The van der Waals surface area contributed by atoms with Gasteiger partial charge in [0.1, 0.15) is 19.8 Å². The van der Waals surface area contributed by atoms with Gasteiger partial charge in [-0.1, -0.05) is 463 Å². The Morgan fingerprint density at radius 3 is 0.667 bits per heavy atom. The maximum atomic E-state index is 12.9. The molecule has 0 rings (SSSR count). The molecule has 0 saturated heterocycles. The Kier molecular flexibility index (Phi) is 77.3. The highest BCUT2D eigenvalue weighted by molar-refractivity contribution is 7.45. The van der Waals surface area contributed by atoms with Gasteiger partial charge in [0.25, 0.3) is 7.82 Å². The van der Waals surface area contributed by atoms with E-state index >= 15 is 0 Å². The first-order chi connectivity index (χ1) is 47.0. The zero-order valence-corrected chi connectivity index (χ0v) is 66.8. The molecule has 574 valence electrons. The summed E-state index contributed by atoms with van der Waals surface area (Å²) in [5.74, 6) is -0.798. The summed E-state index contributed by atoms with van der Waals surface area (Å²) < 4.78 is 34.5. The van der Waals surface area contributed by atoms with Gasteiger partial charge in [-0.2, -0.15) is 0 Å². The molecule has 0 spiro atoms. The molecule has 0 aliphatic rings. The Balaban J connectivity index is 3.83. The van der Waals surface area contributed by atoms with Crippen LogP contribution in [0.1, 0.15) is 489 Å². The minimum absolute atomic E-state index is 0.0246. The van der Waals surface area contributed by atoms with Crippen molar-refractivity contribution in [2.75, 3.05) is 47.5 Å². The quantitative estimate of drug-likeness (QED) is 0.0256. The van der Waals surface area contributed by atoms with Gasteiger partial charge in [0, 0.05) is 12.8 Å². The summed E-state index contributed by atoms with van der Waals surface area (Å²) in [6, 6.07) is 0. The molecule has 0 aliphatic heterocycles. The van der Waals surface area contributed by atoms with Gasteiger partial charge < -0.3 is 27.9 Å². The largest absolute Gasteiger partial charge is 0.756 e. The highest BCUT2D eigenvalue weighted by atomic mass is 31.2. The molecule has 0 radical (unpaired) electrons. The first-order valence-electron chi connectivity index (χ1n) is 43.7. The molecule has 2 atom stereocenters. The number of rotatable bonds is 84. The van der Waals surface area contributed by atoms with E-state index in [-0.39, 0.29) is 32.0 Å². The van der Waals surface area contributed by atoms with E-state index in [1.807, 2.05) is 21.1 Å². The summed E-state index contributed by atoms with van der Waals surface area (Å²) in [5, 5.41) is 0. The number of carbonyl (C=O) groups excluding carboxylic acids is 2. The molecule has 0 saturated carbocycles. The first kappa shape index (κ1) is 95.0. The van der Waals surface area contributed by atoms with Crippen LogP contribution in [0.3, 0.4) is 0 Å². The molecule has 0 aromatic carbocycles. The monoisotopic (exact) mass is 1380 g/mol. The molecular weight excluding hydrogens is 1210 g/mol. The molecule has 10 heteroatoms. The molecule has 0 aromatic rings. The maximum Gasteiger partial charge on any atom is 0.306 e. The lowest BCUT2D eigenvalue weighted by molar-refractivity contribution is -0.870. The van der Waals surface area contributed by atoms with E-state index in [0.717, 1.165) is 32.1 Å².